The molecule has 44 heavy (non-hydrogen) atoms. The molecule has 0 aliphatic heterocycles. The molecule has 0 bridgehead atoms. The molecule has 0 atom stereocenters. The van der Waals surface area contributed by atoms with Crippen LogP contribution in [0.4, 0.5) is 0 Å². The lowest BCUT2D eigenvalue weighted by atomic mass is 10.1. The van der Waals surface area contributed by atoms with Crippen LogP contribution in [0.2, 0.25) is 0 Å². The first-order chi connectivity index (χ1) is 21.8. The van der Waals surface area contributed by atoms with Crippen LogP contribution in [-0.4, -0.2) is 29.1 Å². The average molecular weight is 565 g/mol. The predicted octanol–water partition coefficient (Wildman–Crippen LogP) is 8.79. The van der Waals surface area contributed by atoms with Crippen molar-refractivity contribution < 1.29 is 0 Å². The number of benzene rings is 5. The van der Waals surface area contributed by atoms with Crippen molar-refractivity contribution in [2.24, 2.45) is 0 Å². The van der Waals surface area contributed by atoms with Crippen LogP contribution in [0.25, 0.3) is 78.0 Å². The molecular weight excluding hydrogens is 540 g/mol. The van der Waals surface area contributed by atoms with Gasteiger partial charge in [0.05, 0.1) is 27.8 Å². The Morgan fingerprint density at radius 2 is 0.955 bits per heavy atom. The van der Waals surface area contributed by atoms with E-state index in [1.54, 1.807) is 0 Å². The topological polar surface area (TPSA) is 61.4 Å². The highest BCUT2D eigenvalue weighted by molar-refractivity contribution is 6.10. The predicted molar refractivity (Wildman–Crippen MR) is 177 cm³/mol. The summed E-state index contributed by atoms with van der Waals surface area (Å²) in [5.41, 5.74) is 7.10. The first-order valence-corrected chi connectivity index (χ1v) is 14.6. The van der Waals surface area contributed by atoms with E-state index in [9.17, 15) is 0 Å². The van der Waals surface area contributed by atoms with Gasteiger partial charge in [0, 0.05) is 45.1 Å². The van der Waals surface area contributed by atoms with E-state index in [0.29, 0.717) is 17.6 Å². The fourth-order valence-electron chi connectivity index (χ4n) is 6.37. The lowest BCUT2D eigenvalue weighted by Gasteiger charge is -2.15. The van der Waals surface area contributed by atoms with Crippen LogP contribution in [0.15, 0.2) is 146 Å². The molecule has 5 aromatic carbocycles. The van der Waals surface area contributed by atoms with Crippen LogP contribution in [0, 0.1) is 0 Å². The highest BCUT2D eigenvalue weighted by Crippen LogP contribution is 2.36. The van der Waals surface area contributed by atoms with Crippen molar-refractivity contribution in [3.63, 3.8) is 0 Å². The van der Waals surface area contributed by atoms with E-state index in [1.807, 2.05) is 48.8 Å². The molecule has 9 rings (SSSR count). The van der Waals surface area contributed by atoms with Gasteiger partial charge in [0.2, 0.25) is 5.95 Å². The van der Waals surface area contributed by atoms with Crippen molar-refractivity contribution in [2.75, 3.05) is 0 Å². The fourth-order valence-corrected chi connectivity index (χ4v) is 6.37. The first kappa shape index (κ1) is 24.5. The third kappa shape index (κ3) is 3.68. The molecule has 206 valence electrons. The zero-order valence-corrected chi connectivity index (χ0v) is 23.5. The van der Waals surface area contributed by atoms with E-state index in [-0.39, 0.29) is 0 Å². The molecule has 0 aliphatic rings. The molecule has 0 saturated heterocycles. The summed E-state index contributed by atoms with van der Waals surface area (Å²) in [6.07, 6.45) is 3.78. The maximum atomic E-state index is 5.22. The second-order valence-corrected chi connectivity index (χ2v) is 10.8. The largest absolute Gasteiger partial charge is 0.308 e. The smallest absolute Gasteiger partial charge is 0.238 e. The van der Waals surface area contributed by atoms with Crippen molar-refractivity contribution in [1.82, 2.24) is 29.1 Å². The van der Waals surface area contributed by atoms with Crippen molar-refractivity contribution in [3.8, 4) is 34.4 Å². The van der Waals surface area contributed by atoms with Gasteiger partial charge in [-0.1, -0.05) is 97.1 Å². The maximum absolute atomic E-state index is 5.22. The molecule has 6 heteroatoms. The van der Waals surface area contributed by atoms with E-state index in [4.69, 9.17) is 15.0 Å². The molecule has 4 heterocycles. The number of hydrogen-bond acceptors (Lipinski definition) is 4. The summed E-state index contributed by atoms with van der Waals surface area (Å²) < 4.78 is 4.44. The van der Waals surface area contributed by atoms with Gasteiger partial charge in [-0.05, 0) is 36.4 Å². The summed E-state index contributed by atoms with van der Waals surface area (Å²) in [5.74, 6) is 1.80. The number of hydrogen-bond donors (Lipinski definition) is 0. The van der Waals surface area contributed by atoms with Crippen molar-refractivity contribution in [1.29, 1.82) is 0 Å². The number of para-hydroxylation sites is 4. The summed E-state index contributed by atoms with van der Waals surface area (Å²) in [6, 6.07) is 45.8. The van der Waals surface area contributed by atoms with Crippen LogP contribution in [0.5, 0.6) is 0 Å². The van der Waals surface area contributed by atoms with Gasteiger partial charge in [0.15, 0.2) is 11.6 Å². The normalized spacial score (nSPS) is 11.6. The molecule has 0 spiro atoms. The molecule has 6 nitrogen and oxygen atoms in total. The molecule has 0 aliphatic carbocycles. The molecule has 4 aromatic heterocycles. The van der Waals surface area contributed by atoms with Gasteiger partial charge in [-0.15, -0.1) is 0 Å². The standard InChI is InChI=1S/C38H24N6/c1-2-12-25(13-3-1)36-40-37(42-38(41-36)44-32-19-9-4-14-26(32)27-15-5-10-20-33(27)44)29-17-7-11-21-34(29)43-31-18-8-6-16-28(31)30-24-39-23-22-35(30)43/h1-24H. The second kappa shape index (κ2) is 9.71. The Morgan fingerprint density at radius 1 is 0.409 bits per heavy atom. The summed E-state index contributed by atoms with van der Waals surface area (Å²) in [4.78, 5) is 19.9. The van der Waals surface area contributed by atoms with Crippen molar-refractivity contribution in [3.05, 3.63) is 146 Å². The minimum Gasteiger partial charge on any atom is -0.308 e. The number of pyridine rings is 1. The van der Waals surface area contributed by atoms with Gasteiger partial charge in [0.1, 0.15) is 0 Å². The summed E-state index contributed by atoms with van der Waals surface area (Å²) in [5, 5.41) is 4.57. The Balaban J connectivity index is 1.36. The van der Waals surface area contributed by atoms with E-state index >= 15 is 0 Å². The van der Waals surface area contributed by atoms with Crippen LogP contribution in [0.1, 0.15) is 0 Å². The Labute approximate surface area is 252 Å². The van der Waals surface area contributed by atoms with Gasteiger partial charge >= 0.3 is 0 Å². The Bertz CT molecular complexity index is 2400. The third-order valence-corrected chi connectivity index (χ3v) is 8.30. The SMILES string of the molecule is c1ccc(-c2nc(-c3ccccc3-n3c4ccccc4c4cnccc43)nc(-n3c4ccccc4c4ccccc43)n2)cc1. The number of fused-ring (bicyclic) bond motifs is 6. The minimum absolute atomic E-state index is 0.576. The van der Waals surface area contributed by atoms with E-state index in [0.717, 1.165) is 60.4 Å². The Morgan fingerprint density at radius 3 is 1.68 bits per heavy atom. The summed E-state index contributed by atoms with van der Waals surface area (Å²) in [7, 11) is 0. The molecule has 0 saturated carbocycles. The van der Waals surface area contributed by atoms with Gasteiger partial charge in [-0.2, -0.15) is 9.97 Å². The minimum atomic E-state index is 0.576. The summed E-state index contributed by atoms with van der Waals surface area (Å²) in [6.45, 7) is 0. The lowest BCUT2D eigenvalue weighted by molar-refractivity contribution is 0.951. The number of aromatic nitrogens is 6. The van der Waals surface area contributed by atoms with Crippen LogP contribution in [-0.2, 0) is 0 Å². The quantitative estimate of drug-likeness (QED) is 0.214. The molecule has 9 aromatic rings. The van der Waals surface area contributed by atoms with Crippen LogP contribution >= 0.6 is 0 Å². The molecule has 0 N–H and O–H groups in total. The van der Waals surface area contributed by atoms with Crippen molar-refractivity contribution >= 4 is 43.6 Å². The monoisotopic (exact) mass is 564 g/mol. The second-order valence-electron chi connectivity index (χ2n) is 10.8. The average Bonchev–Trinajstić information content (AvgIpc) is 3.62. The fraction of sp³-hybridized carbons (Fsp3) is 0. The zero-order valence-electron chi connectivity index (χ0n) is 23.5. The van der Waals surface area contributed by atoms with Gasteiger partial charge in [0.25, 0.3) is 0 Å². The van der Waals surface area contributed by atoms with Gasteiger partial charge < -0.3 is 4.57 Å². The van der Waals surface area contributed by atoms with Gasteiger partial charge in [-0.3, -0.25) is 9.55 Å². The molecule has 0 fully saturated rings. The summed E-state index contributed by atoms with van der Waals surface area (Å²) >= 11 is 0. The van der Waals surface area contributed by atoms with Crippen LogP contribution < -0.4 is 0 Å². The van der Waals surface area contributed by atoms with Crippen molar-refractivity contribution in [2.45, 2.75) is 0 Å². The van der Waals surface area contributed by atoms with Gasteiger partial charge in [-0.25, -0.2) is 4.98 Å². The van der Waals surface area contributed by atoms with Crippen LogP contribution in [0.3, 0.4) is 0 Å². The number of nitrogens with zero attached hydrogens (tertiary/aromatic N) is 6. The highest BCUT2D eigenvalue weighted by atomic mass is 15.2. The maximum Gasteiger partial charge on any atom is 0.238 e. The molecule has 0 radical (unpaired) electrons. The number of rotatable bonds is 4. The first-order valence-electron chi connectivity index (χ1n) is 14.6. The molecule has 0 unspecified atom stereocenters. The highest BCUT2D eigenvalue weighted by Gasteiger charge is 2.20. The Kier molecular flexibility index (Phi) is 5.40. The third-order valence-electron chi connectivity index (χ3n) is 8.30. The van der Waals surface area contributed by atoms with E-state index in [2.05, 4.69) is 111 Å². The molecule has 0 amide bonds. The van der Waals surface area contributed by atoms with E-state index in [1.165, 1.54) is 0 Å². The lowest BCUT2D eigenvalue weighted by Crippen LogP contribution is -2.07. The zero-order chi connectivity index (χ0) is 29.0. The molecular formula is C38H24N6. The van der Waals surface area contributed by atoms with E-state index < -0.39 is 0 Å². The Hall–Kier alpha value is -6.14.